The van der Waals surface area contributed by atoms with E-state index in [1.54, 1.807) is 0 Å². The van der Waals surface area contributed by atoms with Gasteiger partial charge in [0.25, 0.3) is 0 Å². The molecule has 0 atom stereocenters. The molecule has 0 aromatic carbocycles. The normalized spacial score (nSPS) is 10.0. The van der Waals surface area contributed by atoms with Crippen LogP contribution in [0.3, 0.4) is 0 Å². The minimum absolute atomic E-state index is 0.797. The molecule has 1 radical (unpaired) electrons. The second-order valence-corrected chi connectivity index (χ2v) is 2.18. The molecule has 55 valence electrons. The fourth-order valence-electron chi connectivity index (χ4n) is 0.437. The number of ether oxygens (including phenoxy) is 1. The van der Waals surface area contributed by atoms with E-state index in [-0.39, 0.29) is 0 Å². The first-order valence-corrected chi connectivity index (χ1v) is 3.80. The van der Waals surface area contributed by atoms with E-state index in [1.165, 1.54) is 0 Å². The van der Waals surface area contributed by atoms with Gasteiger partial charge in [-0.05, 0) is 13.5 Å². The number of hydrogen-bond acceptors (Lipinski definition) is 2. The fourth-order valence-corrected chi connectivity index (χ4v) is 0.555. The SMILES string of the molecule is CNCCOCCC[S]. The third-order valence-electron chi connectivity index (χ3n) is 0.929. The van der Waals surface area contributed by atoms with Crippen LogP contribution in [0.5, 0.6) is 0 Å². The maximum absolute atomic E-state index is 5.19. The molecule has 0 bridgehead atoms. The predicted octanol–water partition coefficient (Wildman–Crippen LogP) is 0.810. The molecule has 9 heavy (non-hydrogen) atoms. The van der Waals surface area contributed by atoms with Crippen LogP contribution in [0.15, 0.2) is 0 Å². The molecule has 0 saturated heterocycles. The Morgan fingerprint density at radius 3 is 2.78 bits per heavy atom. The zero-order valence-electron chi connectivity index (χ0n) is 5.85. The Kier molecular flexibility index (Phi) is 8.52. The van der Waals surface area contributed by atoms with E-state index >= 15 is 0 Å². The van der Waals surface area contributed by atoms with Crippen LogP contribution in [0.4, 0.5) is 0 Å². The van der Waals surface area contributed by atoms with E-state index in [0.717, 1.165) is 31.9 Å². The van der Waals surface area contributed by atoms with Crippen LogP contribution in [-0.2, 0) is 4.74 Å². The van der Waals surface area contributed by atoms with Crippen molar-refractivity contribution < 1.29 is 4.74 Å². The van der Waals surface area contributed by atoms with Crippen molar-refractivity contribution in [2.75, 3.05) is 32.6 Å². The van der Waals surface area contributed by atoms with Gasteiger partial charge >= 0.3 is 0 Å². The van der Waals surface area contributed by atoms with Crippen LogP contribution >= 0.6 is 12.6 Å². The Bertz CT molecular complexity index is 46.3. The van der Waals surface area contributed by atoms with Gasteiger partial charge in [-0.3, -0.25) is 0 Å². The molecule has 0 aliphatic carbocycles. The van der Waals surface area contributed by atoms with Gasteiger partial charge in [0.1, 0.15) is 0 Å². The fraction of sp³-hybridized carbons (Fsp3) is 1.00. The van der Waals surface area contributed by atoms with E-state index in [4.69, 9.17) is 17.4 Å². The summed E-state index contributed by atoms with van der Waals surface area (Å²) in [5.41, 5.74) is 0. The van der Waals surface area contributed by atoms with Gasteiger partial charge in [0.2, 0.25) is 0 Å². The zero-order chi connectivity index (χ0) is 6.95. The Hall–Kier alpha value is 0.270. The van der Waals surface area contributed by atoms with Gasteiger partial charge in [0.15, 0.2) is 0 Å². The highest BCUT2D eigenvalue weighted by atomic mass is 32.1. The lowest BCUT2D eigenvalue weighted by molar-refractivity contribution is 0.138. The standard InChI is InChI=1S/C6H14NOS/c1-7-3-5-8-4-2-6-9/h7H,2-6H2,1H3. The smallest absolute Gasteiger partial charge is 0.0590 e. The first-order chi connectivity index (χ1) is 4.41. The molecule has 2 nitrogen and oxygen atoms in total. The van der Waals surface area contributed by atoms with Crippen LogP contribution in [-0.4, -0.2) is 32.6 Å². The first-order valence-electron chi connectivity index (χ1n) is 3.22. The van der Waals surface area contributed by atoms with Crippen molar-refractivity contribution in [3.05, 3.63) is 0 Å². The summed E-state index contributed by atoms with van der Waals surface area (Å²) in [7, 11) is 1.91. The Balaban J connectivity index is 2.60. The highest BCUT2D eigenvalue weighted by Gasteiger charge is 1.84. The van der Waals surface area contributed by atoms with Crippen LogP contribution < -0.4 is 5.32 Å². The maximum atomic E-state index is 5.19. The number of nitrogens with one attached hydrogen (secondary N) is 1. The van der Waals surface area contributed by atoms with Crippen LogP contribution in [0.1, 0.15) is 6.42 Å². The van der Waals surface area contributed by atoms with Crippen molar-refractivity contribution in [2.24, 2.45) is 0 Å². The molecule has 0 aromatic rings. The van der Waals surface area contributed by atoms with E-state index in [0.29, 0.717) is 0 Å². The topological polar surface area (TPSA) is 21.3 Å². The van der Waals surface area contributed by atoms with Gasteiger partial charge < -0.3 is 10.1 Å². The largest absolute Gasteiger partial charge is 0.380 e. The van der Waals surface area contributed by atoms with Crippen molar-refractivity contribution in [1.29, 1.82) is 0 Å². The minimum atomic E-state index is 0.797. The molecule has 0 unspecified atom stereocenters. The molecule has 0 aliphatic heterocycles. The van der Waals surface area contributed by atoms with Gasteiger partial charge in [0.05, 0.1) is 6.61 Å². The lowest BCUT2D eigenvalue weighted by atomic mass is 10.5. The number of rotatable bonds is 6. The number of hydrogen-bond donors (Lipinski definition) is 1. The summed E-state index contributed by atoms with van der Waals surface area (Å²) >= 11 is 4.73. The summed E-state index contributed by atoms with van der Waals surface area (Å²) in [5, 5.41) is 2.99. The predicted molar refractivity (Wildman–Crippen MR) is 41.8 cm³/mol. The molecular weight excluding hydrogens is 134 g/mol. The van der Waals surface area contributed by atoms with Crippen LogP contribution in [0.25, 0.3) is 0 Å². The van der Waals surface area contributed by atoms with Crippen molar-refractivity contribution >= 4 is 12.6 Å². The molecule has 1 N–H and O–H groups in total. The minimum Gasteiger partial charge on any atom is -0.380 e. The lowest BCUT2D eigenvalue weighted by Gasteiger charge is -2.00. The summed E-state index contributed by atoms with van der Waals surface area (Å²) < 4.78 is 5.19. The first kappa shape index (κ1) is 9.27. The quantitative estimate of drug-likeness (QED) is 0.563. The summed E-state index contributed by atoms with van der Waals surface area (Å²) in [4.78, 5) is 0. The summed E-state index contributed by atoms with van der Waals surface area (Å²) in [6.07, 6.45) is 0.999. The van der Waals surface area contributed by atoms with Gasteiger partial charge in [-0.1, -0.05) is 12.6 Å². The van der Waals surface area contributed by atoms with Crippen LogP contribution in [0, 0.1) is 0 Å². The average molecular weight is 148 g/mol. The van der Waals surface area contributed by atoms with E-state index in [2.05, 4.69) is 5.32 Å². The molecular formula is C6H14NOS. The van der Waals surface area contributed by atoms with Crippen molar-refractivity contribution in [3.63, 3.8) is 0 Å². The Morgan fingerprint density at radius 1 is 1.44 bits per heavy atom. The Labute approximate surface area is 62.4 Å². The molecule has 0 rings (SSSR count). The van der Waals surface area contributed by atoms with Crippen molar-refractivity contribution in [2.45, 2.75) is 6.42 Å². The Morgan fingerprint density at radius 2 is 2.22 bits per heavy atom. The van der Waals surface area contributed by atoms with Crippen molar-refractivity contribution in [1.82, 2.24) is 5.32 Å². The molecule has 0 spiro atoms. The summed E-state index contributed by atoms with van der Waals surface area (Å²) in [6, 6.07) is 0. The summed E-state index contributed by atoms with van der Waals surface area (Å²) in [5.74, 6) is 0.805. The third-order valence-corrected chi connectivity index (χ3v) is 1.22. The molecule has 0 saturated carbocycles. The molecule has 0 amide bonds. The molecule has 3 heteroatoms. The van der Waals surface area contributed by atoms with Gasteiger partial charge in [-0.2, -0.15) is 0 Å². The second kappa shape index (κ2) is 8.27. The second-order valence-electron chi connectivity index (χ2n) is 1.77. The average Bonchev–Trinajstić information content (AvgIpc) is 1.89. The molecule has 0 heterocycles. The van der Waals surface area contributed by atoms with E-state index in [9.17, 15) is 0 Å². The van der Waals surface area contributed by atoms with E-state index < -0.39 is 0 Å². The maximum Gasteiger partial charge on any atom is 0.0590 e. The van der Waals surface area contributed by atoms with E-state index in [1.807, 2.05) is 7.05 Å². The molecule has 0 aliphatic rings. The zero-order valence-corrected chi connectivity index (χ0v) is 6.67. The van der Waals surface area contributed by atoms with Crippen molar-refractivity contribution in [3.8, 4) is 0 Å². The highest BCUT2D eigenvalue weighted by Crippen LogP contribution is 1.83. The molecule has 0 fully saturated rings. The summed E-state index contributed by atoms with van der Waals surface area (Å²) in [6.45, 7) is 2.54. The third kappa shape index (κ3) is 8.27. The van der Waals surface area contributed by atoms with Gasteiger partial charge in [0, 0.05) is 18.9 Å². The monoisotopic (exact) mass is 148 g/mol. The highest BCUT2D eigenvalue weighted by molar-refractivity contribution is 7.80. The van der Waals surface area contributed by atoms with Gasteiger partial charge in [-0.15, -0.1) is 0 Å². The number of likely N-dealkylation sites (N-methyl/N-ethyl adjacent to an activating group) is 1. The molecule has 0 aromatic heterocycles. The van der Waals surface area contributed by atoms with Gasteiger partial charge in [-0.25, -0.2) is 0 Å². The lowest BCUT2D eigenvalue weighted by Crippen LogP contribution is -2.14. The van der Waals surface area contributed by atoms with Crippen LogP contribution in [0.2, 0.25) is 0 Å².